The van der Waals surface area contributed by atoms with E-state index in [-0.39, 0.29) is 0 Å². The molecule has 0 amide bonds. The highest BCUT2D eigenvalue weighted by Crippen LogP contribution is 2.09. The zero-order chi connectivity index (χ0) is 11.3. The highest BCUT2D eigenvalue weighted by molar-refractivity contribution is 7.79. The highest BCUT2D eigenvalue weighted by atomic mass is 32.2. The summed E-state index contributed by atoms with van der Waals surface area (Å²) in [5.41, 5.74) is 1.15. The molecule has 2 unspecified atom stereocenters. The van der Waals surface area contributed by atoms with Gasteiger partial charge in [0.25, 0.3) is 0 Å². The molecule has 1 N–H and O–H groups in total. The van der Waals surface area contributed by atoms with Crippen molar-refractivity contribution in [3.05, 3.63) is 35.4 Å². The maximum Gasteiger partial charge on any atom is 0.115 e. The molecule has 4 heteroatoms. The van der Waals surface area contributed by atoms with Crippen LogP contribution in [0.4, 0.5) is 0 Å². The number of aliphatic hydroxyl groups excluding tert-OH is 1. The summed E-state index contributed by atoms with van der Waals surface area (Å²) < 4.78 is 20.7. The molecule has 0 bridgehead atoms. The summed E-state index contributed by atoms with van der Waals surface area (Å²) in [7, 11) is 0. The minimum atomic E-state index is -2.37. The van der Waals surface area contributed by atoms with E-state index in [0.29, 0.717) is 12.8 Å². The van der Waals surface area contributed by atoms with E-state index in [2.05, 4.69) is 0 Å². The molecule has 0 saturated heterocycles. The largest absolute Gasteiger partial charge is 0.770 e. The minimum absolute atomic E-state index is 0.296. The monoisotopic (exact) mass is 227 g/mol. The molecule has 0 spiro atoms. The molecule has 0 heterocycles. The molecule has 1 aromatic carbocycles. The zero-order valence-corrected chi connectivity index (χ0v) is 9.50. The lowest BCUT2D eigenvalue weighted by Gasteiger charge is -2.12. The van der Waals surface area contributed by atoms with Gasteiger partial charge >= 0.3 is 0 Å². The van der Waals surface area contributed by atoms with Crippen LogP contribution in [0.5, 0.6) is 0 Å². The minimum Gasteiger partial charge on any atom is -0.770 e. The average molecular weight is 227 g/mol. The van der Waals surface area contributed by atoms with Crippen molar-refractivity contribution in [2.45, 2.75) is 31.6 Å². The third-order valence-corrected chi connectivity index (χ3v) is 2.94. The Hall–Kier alpha value is -0.710. The van der Waals surface area contributed by atoms with Gasteiger partial charge in [-0.15, -0.1) is 0 Å². The molecular formula is C11H15O3S-. The standard InChI is InChI=1S/C11H16O3S/c1-9-5-7-10(8-6-9)3-2-4-11(12)15(13)14/h5-8,11-12H,2-4H2,1H3,(H,13,14)/p-1. The molecular weight excluding hydrogens is 212 g/mol. The molecule has 2 atom stereocenters. The molecule has 0 aliphatic rings. The van der Waals surface area contributed by atoms with Crippen LogP contribution < -0.4 is 0 Å². The van der Waals surface area contributed by atoms with Gasteiger partial charge < -0.3 is 9.66 Å². The van der Waals surface area contributed by atoms with Gasteiger partial charge in [-0.1, -0.05) is 29.8 Å². The third kappa shape index (κ3) is 4.55. The summed E-state index contributed by atoms with van der Waals surface area (Å²) >= 11 is -2.37. The van der Waals surface area contributed by atoms with Gasteiger partial charge in [-0.05, 0) is 42.8 Å². The molecule has 0 aliphatic heterocycles. The number of aryl methyl sites for hydroxylation is 2. The van der Waals surface area contributed by atoms with Gasteiger partial charge in [-0.2, -0.15) is 0 Å². The van der Waals surface area contributed by atoms with Crippen LogP contribution in [0.2, 0.25) is 0 Å². The van der Waals surface area contributed by atoms with Crippen molar-refractivity contribution in [3.8, 4) is 0 Å². The number of hydrogen-bond donors (Lipinski definition) is 1. The average Bonchev–Trinajstić information content (AvgIpc) is 2.20. The fourth-order valence-electron chi connectivity index (χ4n) is 1.33. The van der Waals surface area contributed by atoms with E-state index in [9.17, 15) is 8.76 Å². The fraction of sp³-hybridized carbons (Fsp3) is 0.455. The molecule has 0 radical (unpaired) electrons. The van der Waals surface area contributed by atoms with Crippen molar-refractivity contribution in [3.63, 3.8) is 0 Å². The van der Waals surface area contributed by atoms with Crippen LogP contribution in [-0.2, 0) is 17.5 Å². The quantitative estimate of drug-likeness (QED) is 0.776. The van der Waals surface area contributed by atoms with E-state index in [0.717, 1.165) is 6.42 Å². The lowest BCUT2D eigenvalue weighted by Crippen LogP contribution is -2.13. The first-order valence-corrected chi connectivity index (χ1v) is 6.05. The molecule has 1 rings (SSSR count). The topological polar surface area (TPSA) is 60.4 Å². The first-order chi connectivity index (χ1) is 7.09. The van der Waals surface area contributed by atoms with Crippen LogP contribution in [-0.4, -0.2) is 19.3 Å². The van der Waals surface area contributed by atoms with Gasteiger partial charge in [0.1, 0.15) is 5.44 Å². The van der Waals surface area contributed by atoms with Gasteiger partial charge in [0.05, 0.1) is 0 Å². The molecule has 1 aromatic rings. The molecule has 15 heavy (non-hydrogen) atoms. The maximum atomic E-state index is 10.3. The lowest BCUT2D eigenvalue weighted by molar-refractivity contribution is 0.231. The predicted molar refractivity (Wildman–Crippen MR) is 59.0 cm³/mol. The van der Waals surface area contributed by atoms with Gasteiger partial charge in [0.2, 0.25) is 0 Å². The smallest absolute Gasteiger partial charge is 0.115 e. The number of rotatable bonds is 5. The van der Waals surface area contributed by atoms with E-state index in [4.69, 9.17) is 5.11 Å². The van der Waals surface area contributed by atoms with Crippen LogP contribution in [0, 0.1) is 6.92 Å². The number of benzene rings is 1. The van der Waals surface area contributed by atoms with Crippen molar-refractivity contribution in [1.29, 1.82) is 0 Å². The molecule has 0 aliphatic carbocycles. The Labute approximate surface area is 92.4 Å². The zero-order valence-electron chi connectivity index (χ0n) is 8.68. The number of aliphatic hydroxyl groups is 1. The Bertz CT molecular complexity index is 321. The predicted octanol–water partition coefficient (Wildman–Crippen LogP) is 1.52. The van der Waals surface area contributed by atoms with Gasteiger partial charge in [0, 0.05) is 0 Å². The van der Waals surface area contributed by atoms with E-state index in [1.54, 1.807) is 0 Å². The second kappa shape index (κ2) is 6.00. The van der Waals surface area contributed by atoms with Crippen LogP contribution in [0.15, 0.2) is 24.3 Å². The lowest BCUT2D eigenvalue weighted by atomic mass is 10.1. The van der Waals surface area contributed by atoms with Crippen molar-refractivity contribution in [1.82, 2.24) is 0 Å². The summed E-state index contributed by atoms with van der Waals surface area (Å²) in [6.45, 7) is 2.02. The van der Waals surface area contributed by atoms with Crippen molar-refractivity contribution >= 4 is 11.1 Å². The van der Waals surface area contributed by atoms with E-state index in [1.807, 2.05) is 31.2 Å². The Morgan fingerprint density at radius 3 is 2.53 bits per heavy atom. The summed E-state index contributed by atoms with van der Waals surface area (Å²) in [5, 5.41) is 9.04. The van der Waals surface area contributed by atoms with Gasteiger partial charge in [-0.3, -0.25) is 4.21 Å². The van der Waals surface area contributed by atoms with Crippen LogP contribution in [0.25, 0.3) is 0 Å². The Morgan fingerprint density at radius 1 is 1.40 bits per heavy atom. The molecule has 3 nitrogen and oxygen atoms in total. The highest BCUT2D eigenvalue weighted by Gasteiger charge is 2.03. The Morgan fingerprint density at radius 2 is 2.00 bits per heavy atom. The Kier molecular flexibility index (Phi) is 4.94. The SMILES string of the molecule is Cc1ccc(CCCC(O)S(=O)[O-])cc1. The number of hydrogen-bond acceptors (Lipinski definition) is 3. The van der Waals surface area contributed by atoms with Crippen molar-refractivity contribution in [2.24, 2.45) is 0 Å². The van der Waals surface area contributed by atoms with E-state index < -0.39 is 16.5 Å². The van der Waals surface area contributed by atoms with Gasteiger partial charge in [-0.25, -0.2) is 0 Å². The maximum absolute atomic E-state index is 10.3. The third-order valence-electron chi connectivity index (χ3n) is 2.26. The second-order valence-corrected chi connectivity index (χ2v) is 4.66. The van der Waals surface area contributed by atoms with E-state index in [1.165, 1.54) is 11.1 Å². The van der Waals surface area contributed by atoms with Crippen molar-refractivity contribution in [2.75, 3.05) is 0 Å². The van der Waals surface area contributed by atoms with Crippen LogP contribution >= 0.6 is 0 Å². The fourth-order valence-corrected chi connectivity index (χ4v) is 1.69. The summed E-state index contributed by atoms with van der Waals surface area (Å²) in [6.07, 6.45) is 1.77. The molecule has 0 saturated carbocycles. The van der Waals surface area contributed by atoms with Crippen molar-refractivity contribution < 1.29 is 13.9 Å². The van der Waals surface area contributed by atoms with Crippen LogP contribution in [0.1, 0.15) is 24.0 Å². The molecule has 84 valence electrons. The molecule has 0 fully saturated rings. The summed E-state index contributed by atoms with van der Waals surface area (Å²) in [4.78, 5) is 0. The Balaban J connectivity index is 2.32. The van der Waals surface area contributed by atoms with Crippen LogP contribution in [0.3, 0.4) is 0 Å². The first-order valence-electron chi connectivity index (χ1n) is 4.91. The van der Waals surface area contributed by atoms with E-state index >= 15 is 0 Å². The normalized spacial score (nSPS) is 14.9. The van der Waals surface area contributed by atoms with Gasteiger partial charge in [0.15, 0.2) is 0 Å². The summed E-state index contributed by atoms with van der Waals surface area (Å²) in [5.74, 6) is 0. The summed E-state index contributed by atoms with van der Waals surface area (Å²) in [6, 6.07) is 8.10. The first kappa shape index (κ1) is 12.4. The second-order valence-electron chi connectivity index (χ2n) is 3.59. The molecule has 0 aromatic heterocycles.